The molecule has 0 heterocycles. The largest absolute Gasteiger partial charge is 0.342 e. The molecule has 0 spiro atoms. The Kier molecular flexibility index (Phi) is 4.99. The smallest absolute Gasteiger partial charge is 0.0410 e. The van der Waals surface area contributed by atoms with Crippen molar-refractivity contribution in [2.75, 3.05) is 25.0 Å². The molecule has 0 bridgehead atoms. The van der Waals surface area contributed by atoms with Crippen molar-refractivity contribution in [1.29, 1.82) is 0 Å². The third-order valence-corrected chi connectivity index (χ3v) is 3.30. The van der Waals surface area contributed by atoms with Gasteiger partial charge in [-0.05, 0) is 56.8 Å². The highest BCUT2D eigenvalue weighted by Gasteiger charge is 2.06. The first-order valence-electron chi connectivity index (χ1n) is 6.91. The van der Waals surface area contributed by atoms with Crippen molar-refractivity contribution in [2.24, 2.45) is 0 Å². The summed E-state index contributed by atoms with van der Waals surface area (Å²) in [6.45, 7) is 4.18. The Morgan fingerprint density at radius 1 is 0.895 bits per heavy atom. The van der Waals surface area contributed by atoms with Crippen molar-refractivity contribution < 1.29 is 0 Å². The Morgan fingerprint density at radius 3 is 2.11 bits per heavy atom. The summed E-state index contributed by atoms with van der Waals surface area (Å²) >= 11 is 0. The van der Waals surface area contributed by atoms with Crippen molar-refractivity contribution in [1.82, 2.24) is 5.32 Å². The second-order valence-electron chi connectivity index (χ2n) is 4.60. The van der Waals surface area contributed by atoms with E-state index in [0.29, 0.717) is 0 Å². The molecule has 2 aromatic rings. The molecule has 0 aromatic heterocycles. The Labute approximate surface area is 116 Å². The van der Waals surface area contributed by atoms with Gasteiger partial charge in [-0.1, -0.05) is 30.3 Å². The SMILES string of the molecule is CCN(c1ccccc1)c1ccc(CCNC)cc1. The first kappa shape index (κ1) is 13.6. The fourth-order valence-corrected chi connectivity index (χ4v) is 2.23. The summed E-state index contributed by atoms with van der Waals surface area (Å²) in [5, 5.41) is 3.18. The van der Waals surface area contributed by atoms with Gasteiger partial charge in [0.05, 0.1) is 0 Å². The van der Waals surface area contributed by atoms with Gasteiger partial charge in [-0.25, -0.2) is 0 Å². The molecule has 0 unspecified atom stereocenters. The van der Waals surface area contributed by atoms with Crippen LogP contribution in [0.4, 0.5) is 11.4 Å². The average Bonchev–Trinajstić information content (AvgIpc) is 2.48. The van der Waals surface area contributed by atoms with Gasteiger partial charge < -0.3 is 10.2 Å². The maximum Gasteiger partial charge on any atom is 0.0410 e. The Bertz CT molecular complexity index is 476. The number of nitrogens with zero attached hydrogens (tertiary/aromatic N) is 1. The topological polar surface area (TPSA) is 15.3 Å². The number of benzene rings is 2. The zero-order valence-corrected chi connectivity index (χ0v) is 11.8. The first-order chi connectivity index (χ1) is 9.35. The minimum atomic E-state index is 0.972. The molecule has 2 aromatic carbocycles. The minimum Gasteiger partial charge on any atom is -0.342 e. The van der Waals surface area contributed by atoms with Crippen molar-refractivity contribution >= 4 is 11.4 Å². The number of likely N-dealkylation sites (N-methyl/N-ethyl adjacent to an activating group) is 1. The van der Waals surface area contributed by atoms with E-state index in [2.05, 4.69) is 71.7 Å². The van der Waals surface area contributed by atoms with Crippen LogP contribution >= 0.6 is 0 Å². The van der Waals surface area contributed by atoms with Gasteiger partial charge in [-0.2, -0.15) is 0 Å². The molecule has 0 saturated carbocycles. The fraction of sp³-hybridized carbons (Fsp3) is 0.294. The van der Waals surface area contributed by atoms with Crippen molar-refractivity contribution in [3.63, 3.8) is 0 Å². The van der Waals surface area contributed by atoms with Gasteiger partial charge in [0.1, 0.15) is 0 Å². The summed E-state index contributed by atoms with van der Waals surface area (Å²) in [6.07, 6.45) is 1.08. The summed E-state index contributed by atoms with van der Waals surface area (Å²) in [7, 11) is 1.99. The maximum absolute atomic E-state index is 3.18. The van der Waals surface area contributed by atoms with Gasteiger partial charge in [-0.15, -0.1) is 0 Å². The number of hydrogen-bond donors (Lipinski definition) is 1. The molecule has 0 radical (unpaired) electrons. The van der Waals surface area contributed by atoms with E-state index in [1.54, 1.807) is 0 Å². The summed E-state index contributed by atoms with van der Waals surface area (Å²) in [5.41, 5.74) is 3.87. The molecule has 2 rings (SSSR count). The normalized spacial score (nSPS) is 10.4. The number of anilines is 2. The standard InChI is InChI=1S/C17H22N2/c1-3-19(16-7-5-4-6-8-16)17-11-9-15(10-12-17)13-14-18-2/h4-12,18H,3,13-14H2,1-2H3. The van der Waals surface area contributed by atoms with E-state index >= 15 is 0 Å². The second-order valence-corrected chi connectivity index (χ2v) is 4.60. The average molecular weight is 254 g/mol. The molecule has 0 fully saturated rings. The van der Waals surface area contributed by atoms with E-state index in [9.17, 15) is 0 Å². The van der Waals surface area contributed by atoms with Crippen LogP contribution in [0.3, 0.4) is 0 Å². The Hall–Kier alpha value is -1.80. The number of nitrogens with one attached hydrogen (secondary N) is 1. The lowest BCUT2D eigenvalue weighted by atomic mass is 10.1. The van der Waals surface area contributed by atoms with Gasteiger partial charge in [0.2, 0.25) is 0 Å². The molecule has 100 valence electrons. The lowest BCUT2D eigenvalue weighted by Gasteiger charge is -2.23. The van der Waals surface area contributed by atoms with E-state index in [1.807, 2.05) is 7.05 Å². The highest BCUT2D eigenvalue weighted by atomic mass is 15.1. The quantitative estimate of drug-likeness (QED) is 0.847. The van der Waals surface area contributed by atoms with Crippen molar-refractivity contribution in [3.8, 4) is 0 Å². The van der Waals surface area contributed by atoms with E-state index in [1.165, 1.54) is 16.9 Å². The molecule has 0 atom stereocenters. The van der Waals surface area contributed by atoms with Crippen LogP contribution in [-0.4, -0.2) is 20.1 Å². The summed E-state index contributed by atoms with van der Waals surface area (Å²) in [6, 6.07) is 19.4. The Balaban J connectivity index is 2.15. The number of rotatable bonds is 6. The molecule has 0 aliphatic carbocycles. The van der Waals surface area contributed by atoms with E-state index in [0.717, 1.165) is 19.5 Å². The summed E-state index contributed by atoms with van der Waals surface area (Å²) < 4.78 is 0. The van der Waals surface area contributed by atoms with E-state index in [-0.39, 0.29) is 0 Å². The van der Waals surface area contributed by atoms with Crippen LogP contribution in [0.15, 0.2) is 54.6 Å². The van der Waals surface area contributed by atoms with Gasteiger partial charge in [0.25, 0.3) is 0 Å². The van der Waals surface area contributed by atoms with E-state index < -0.39 is 0 Å². The van der Waals surface area contributed by atoms with Crippen LogP contribution in [0, 0.1) is 0 Å². The van der Waals surface area contributed by atoms with Gasteiger partial charge >= 0.3 is 0 Å². The fourth-order valence-electron chi connectivity index (χ4n) is 2.23. The highest BCUT2D eigenvalue weighted by molar-refractivity contribution is 5.63. The molecule has 0 amide bonds. The van der Waals surface area contributed by atoms with E-state index in [4.69, 9.17) is 0 Å². The van der Waals surface area contributed by atoms with Gasteiger partial charge in [-0.3, -0.25) is 0 Å². The molecule has 2 nitrogen and oxygen atoms in total. The zero-order valence-electron chi connectivity index (χ0n) is 11.8. The predicted octanol–water partition coefficient (Wildman–Crippen LogP) is 3.61. The molecule has 1 N–H and O–H groups in total. The zero-order chi connectivity index (χ0) is 13.5. The lowest BCUT2D eigenvalue weighted by Crippen LogP contribution is -2.16. The van der Waals surface area contributed by atoms with Crippen LogP contribution < -0.4 is 10.2 Å². The van der Waals surface area contributed by atoms with Gasteiger partial charge in [0, 0.05) is 17.9 Å². The Morgan fingerprint density at radius 2 is 1.53 bits per heavy atom. The van der Waals surface area contributed by atoms with Gasteiger partial charge in [0.15, 0.2) is 0 Å². The third kappa shape index (κ3) is 3.58. The number of hydrogen-bond acceptors (Lipinski definition) is 2. The van der Waals surface area contributed by atoms with Crippen LogP contribution in [0.5, 0.6) is 0 Å². The van der Waals surface area contributed by atoms with Crippen molar-refractivity contribution in [2.45, 2.75) is 13.3 Å². The first-order valence-corrected chi connectivity index (χ1v) is 6.91. The van der Waals surface area contributed by atoms with Crippen LogP contribution in [-0.2, 0) is 6.42 Å². The van der Waals surface area contributed by atoms with Crippen LogP contribution in [0.25, 0.3) is 0 Å². The molecule has 19 heavy (non-hydrogen) atoms. The number of para-hydroxylation sites is 1. The van der Waals surface area contributed by atoms with Crippen molar-refractivity contribution in [3.05, 3.63) is 60.2 Å². The molecular formula is C17H22N2. The monoisotopic (exact) mass is 254 g/mol. The molecule has 0 aliphatic heterocycles. The van der Waals surface area contributed by atoms with Crippen LogP contribution in [0.2, 0.25) is 0 Å². The molecule has 2 heteroatoms. The molecule has 0 saturated heterocycles. The maximum atomic E-state index is 3.18. The van der Waals surface area contributed by atoms with Crippen LogP contribution in [0.1, 0.15) is 12.5 Å². The summed E-state index contributed by atoms with van der Waals surface area (Å²) in [4.78, 5) is 2.32. The predicted molar refractivity (Wildman–Crippen MR) is 83.2 cm³/mol. The molecule has 0 aliphatic rings. The molecular weight excluding hydrogens is 232 g/mol. The summed E-state index contributed by atoms with van der Waals surface area (Å²) in [5.74, 6) is 0. The minimum absolute atomic E-state index is 0.972. The second kappa shape index (κ2) is 6.95. The third-order valence-electron chi connectivity index (χ3n) is 3.30. The lowest BCUT2D eigenvalue weighted by molar-refractivity contribution is 0.791. The highest BCUT2D eigenvalue weighted by Crippen LogP contribution is 2.24.